The number of fused-ring (bicyclic) bond motifs is 1. The summed E-state index contributed by atoms with van der Waals surface area (Å²) in [6, 6.07) is 11.5. The zero-order valence-corrected chi connectivity index (χ0v) is 14.0. The van der Waals surface area contributed by atoms with Crippen LogP contribution in [0.4, 0.5) is 0 Å². The number of hydrogen-bond donors (Lipinski definition) is 4. The van der Waals surface area contributed by atoms with Gasteiger partial charge in [0.1, 0.15) is 17.9 Å². The molecule has 4 N–H and O–H groups in total. The molecule has 3 rings (SSSR count). The maximum absolute atomic E-state index is 12.2. The van der Waals surface area contributed by atoms with Crippen LogP contribution in [-0.4, -0.2) is 33.6 Å². The van der Waals surface area contributed by atoms with E-state index in [-0.39, 0.29) is 17.2 Å². The molecule has 132 valence electrons. The van der Waals surface area contributed by atoms with Crippen LogP contribution in [0.15, 0.2) is 54.4 Å². The lowest BCUT2D eigenvalue weighted by molar-refractivity contribution is -0.137. The van der Waals surface area contributed by atoms with Gasteiger partial charge in [-0.2, -0.15) is 0 Å². The van der Waals surface area contributed by atoms with E-state index >= 15 is 0 Å². The molecule has 0 saturated heterocycles. The molecule has 0 radical (unpaired) electrons. The van der Waals surface area contributed by atoms with Gasteiger partial charge in [0.05, 0.1) is 0 Å². The van der Waals surface area contributed by atoms with E-state index in [2.05, 4.69) is 15.6 Å². The first kappa shape index (κ1) is 17.2. The molecule has 7 heteroatoms. The van der Waals surface area contributed by atoms with Crippen molar-refractivity contribution in [2.45, 2.75) is 6.92 Å². The van der Waals surface area contributed by atoms with Gasteiger partial charge in [-0.25, -0.2) is 0 Å². The van der Waals surface area contributed by atoms with E-state index in [1.165, 1.54) is 0 Å². The number of nitrogens with one attached hydrogen (secondary N) is 2. The molecule has 1 aliphatic rings. The van der Waals surface area contributed by atoms with E-state index < -0.39 is 18.4 Å². The zero-order valence-electron chi connectivity index (χ0n) is 14.0. The Morgan fingerprint density at radius 1 is 1.23 bits per heavy atom. The first-order valence-electron chi connectivity index (χ1n) is 7.94. The average Bonchev–Trinajstić information content (AvgIpc) is 2.67. The van der Waals surface area contributed by atoms with Crippen molar-refractivity contribution in [3.63, 3.8) is 0 Å². The third-order valence-corrected chi connectivity index (χ3v) is 3.94. The van der Waals surface area contributed by atoms with Crippen LogP contribution in [0.5, 0.6) is 0 Å². The van der Waals surface area contributed by atoms with Gasteiger partial charge in [-0.15, -0.1) is 0 Å². The lowest BCUT2D eigenvalue weighted by Gasteiger charge is -2.25. The standard InChI is InChI=1S/C19H17N3O4/c1-2-13-15-12(11-6-4-3-5-7-11)8-9-20-16(15)18(25)17(22-13)19(26)21-10-14(23)24/h2-9,22,25H,10H2,1H3,(H,21,26)(H,23,24)/b13-2+. The molecule has 0 saturated carbocycles. The number of amides is 1. The number of aromatic nitrogens is 1. The summed E-state index contributed by atoms with van der Waals surface area (Å²) >= 11 is 0. The van der Waals surface area contributed by atoms with Crippen LogP contribution in [0, 0.1) is 0 Å². The molecule has 7 nitrogen and oxygen atoms in total. The topological polar surface area (TPSA) is 112 Å². The van der Waals surface area contributed by atoms with Crippen molar-refractivity contribution in [1.82, 2.24) is 15.6 Å². The third kappa shape index (κ3) is 3.14. The summed E-state index contributed by atoms with van der Waals surface area (Å²) in [5, 5.41) is 24.4. The van der Waals surface area contributed by atoms with Gasteiger partial charge in [0.25, 0.3) is 5.91 Å². The van der Waals surface area contributed by atoms with Gasteiger partial charge in [-0.1, -0.05) is 36.4 Å². The average molecular weight is 351 g/mol. The number of hydrogen-bond acceptors (Lipinski definition) is 5. The second-order valence-electron chi connectivity index (χ2n) is 5.58. The summed E-state index contributed by atoms with van der Waals surface area (Å²) in [6.45, 7) is 1.25. The maximum atomic E-state index is 12.2. The van der Waals surface area contributed by atoms with Crippen molar-refractivity contribution in [3.05, 3.63) is 65.6 Å². The minimum Gasteiger partial charge on any atom is -0.504 e. The molecular weight excluding hydrogens is 334 g/mol. The van der Waals surface area contributed by atoms with Crippen LogP contribution in [0.25, 0.3) is 22.6 Å². The molecule has 0 unspecified atom stereocenters. The van der Waals surface area contributed by atoms with Crippen LogP contribution in [0.3, 0.4) is 0 Å². The highest BCUT2D eigenvalue weighted by atomic mass is 16.4. The predicted molar refractivity (Wildman–Crippen MR) is 96.7 cm³/mol. The van der Waals surface area contributed by atoms with Crippen molar-refractivity contribution in [2.24, 2.45) is 0 Å². The number of aliphatic hydroxyl groups excluding tert-OH is 1. The Morgan fingerprint density at radius 2 is 1.96 bits per heavy atom. The smallest absolute Gasteiger partial charge is 0.322 e. The van der Waals surface area contributed by atoms with Crippen molar-refractivity contribution in [1.29, 1.82) is 0 Å². The second kappa shape index (κ2) is 7.10. The van der Waals surface area contributed by atoms with Gasteiger partial charge >= 0.3 is 5.97 Å². The van der Waals surface area contributed by atoms with Crippen LogP contribution < -0.4 is 10.6 Å². The van der Waals surface area contributed by atoms with Gasteiger partial charge in [-0.3, -0.25) is 14.6 Å². The number of pyridine rings is 1. The minimum atomic E-state index is -1.18. The van der Waals surface area contributed by atoms with Crippen LogP contribution >= 0.6 is 0 Å². The number of nitrogens with zero attached hydrogens (tertiary/aromatic N) is 1. The molecule has 0 spiro atoms. The van der Waals surface area contributed by atoms with Crippen LogP contribution in [0.1, 0.15) is 18.2 Å². The number of allylic oxidation sites excluding steroid dienone is 1. The first-order valence-corrected chi connectivity index (χ1v) is 7.94. The lowest BCUT2D eigenvalue weighted by Crippen LogP contribution is -2.37. The Labute approximate surface area is 149 Å². The number of aliphatic hydroxyl groups is 1. The zero-order chi connectivity index (χ0) is 18.7. The van der Waals surface area contributed by atoms with E-state index in [1.807, 2.05) is 36.4 Å². The highest BCUT2D eigenvalue weighted by Gasteiger charge is 2.29. The summed E-state index contributed by atoms with van der Waals surface area (Å²) in [6.07, 6.45) is 3.33. The summed E-state index contributed by atoms with van der Waals surface area (Å²) < 4.78 is 0. The molecule has 1 amide bonds. The van der Waals surface area contributed by atoms with E-state index in [4.69, 9.17) is 5.11 Å². The van der Waals surface area contributed by atoms with Crippen molar-refractivity contribution >= 4 is 23.3 Å². The number of carboxylic acids is 1. The minimum absolute atomic E-state index is 0.135. The largest absolute Gasteiger partial charge is 0.504 e. The second-order valence-corrected chi connectivity index (χ2v) is 5.58. The van der Waals surface area contributed by atoms with Crippen molar-refractivity contribution < 1.29 is 19.8 Å². The van der Waals surface area contributed by atoms with Gasteiger partial charge in [0.15, 0.2) is 5.76 Å². The fourth-order valence-electron chi connectivity index (χ4n) is 2.77. The quantitative estimate of drug-likeness (QED) is 0.671. The van der Waals surface area contributed by atoms with E-state index in [0.717, 1.165) is 11.1 Å². The number of carbonyl (C=O) groups excluding carboxylic acids is 1. The summed E-state index contributed by atoms with van der Waals surface area (Å²) in [5.41, 5.74) is 3.20. The SMILES string of the molecule is C/C=C1/NC(C(=O)NCC(=O)O)=C(O)c2nccc(-c3ccccc3)c21. The van der Waals surface area contributed by atoms with Crippen molar-refractivity contribution in [3.8, 4) is 11.1 Å². The normalized spacial score (nSPS) is 14.6. The van der Waals surface area contributed by atoms with Crippen molar-refractivity contribution in [2.75, 3.05) is 6.54 Å². The van der Waals surface area contributed by atoms with E-state index in [0.29, 0.717) is 11.3 Å². The number of carboxylic acid groups (broad SMARTS) is 1. The summed E-state index contributed by atoms with van der Waals surface area (Å²) in [4.78, 5) is 27.1. The summed E-state index contributed by atoms with van der Waals surface area (Å²) in [5.74, 6) is -2.22. The molecule has 0 aliphatic carbocycles. The fourth-order valence-corrected chi connectivity index (χ4v) is 2.77. The Hall–Kier alpha value is -3.61. The predicted octanol–water partition coefficient (Wildman–Crippen LogP) is 2.14. The molecule has 2 heterocycles. The third-order valence-electron chi connectivity index (χ3n) is 3.94. The Kier molecular flexibility index (Phi) is 4.70. The van der Waals surface area contributed by atoms with E-state index in [9.17, 15) is 14.7 Å². The maximum Gasteiger partial charge on any atom is 0.322 e. The molecule has 0 fully saturated rings. The molecule has 0 bridgehead atoms. The van der Waals surface area contributed by atoms with Gasteiger partial charge in [0, 0.05) is 17.5 Å². The summed E-state index contributed by atoms with van der Waals surface area (Å²) in [7, 11) is 0. The van der Waals surface area contributed by atoms with Crippen LogP contribution in [-0.2, 0) is 9.59 Å². The van der Waals surface area contributed by atoms with Gasteiger partial charge in [0.2, 0.25) is 0 Å². The fraction of sp³-hybridized carbons (Fsp3) is 0.105. The molecule has 1 aliphatic heterocycles. The molecule has 0 atom stereocenters. The highest BCUT2D eigenvalue weighted by molar-refractivity contribution is 6.05. The Bertz CT molecular complexity index is 933. The molecule has 26 heavy (non-hydrogen) atoms. The lowest BCUT2D eigenvalue weighted by atomic mass is 9.93. The van der Waals surface area contributed by atoms with Gasteiger partial charge < -0.3 is 20.8 Å². The monoisotopic (exact) mass is 351 g/mol. The van der Waals surface area contributed by atoms with Gasteiger partial charge in [-0.05, 0) is 24.1 Å². The first-order chi connectivity index (χ1) is 12.5. The number of carbonyl (C=O) groups is 2. The highest BCUT2D eigenvalue weighted by Crippen LogP contribution is 2.36. The molecular formula is C19H17N3O4. The molecule has 1 aromatic heterocycles. The van der Waals surface area contributed by atoms with Crippen LogP contribution in [0.2, 0.25) is 0 Å². The number of aliphatic carboxylic acids is 1. The van der Waals surface area contributed by atoms with E-state index in [1.54, 1.807) is 19.2 Å². The Balaban J connectivity index is 2.12. The molecule has 1 aromatic carbocycles. The number of rotatable bonds is 4. The number of benzene rings is 1. The Morgan fingerprint density at radius 3 is 2.62 bits per heavy atom. The molecule has 2 aromatic rings.